The minimum Gasteiger partial charge on any atom is -0.493 e. The molecule has 1 aromatic rings. The number of carbonyl (C=O) groups is 2. The van der Waals surface area contributed by atoms with Crippen LogP contribution in [0.1, 0.15) is 36.8 Å². The largest absolute Gasteiger partial charge is 0.493 e. The van der Waals surface area contributed by atoms with E-state index in [2.05, 4.69) is 6.07 Å². The van der Waals surface area contributed by atoms with E-state index in [-0.39, 0.29) is 5.70 Å². The van der Waals surface area contributed by atoms with Crippen LogP contribution < -0.4 is 9.47 Å². The quantitative estimate of drug-likeness (QED) is 0.295. The number of carbonyl (C=O) groups excluding carboxylic acids is 2. The van der Waals surface area contributed by atoms with E-state index in [1.807, 2.05) is 6.07 Å². The number of rotatable bonds is 9. The first kappa shape index (κ1) is 25.3. The van der Waals surface area contributed by atoms with Gasteiger partial charge in [-0.15, -0.1) is 0 Å². The summed E-state index contributed by atoms with van der Waals surface area (Å²) >= 11 is 0. The highest BCUT2D eigenvalue weighted by Gasteiger charge is 2.67. The van der Waals surface area contributed by atoms with Gasteiger partial charge in [0, 0.05) is 45.2 Å². The number of ether oxygens (including phenoxy) is 6. The van der Waals surface area contributed by atoms with Crippen LogP contribution in [0.25, 0.3) is 0 Å². The lowest BCUT2D eigenvalue weighted by Gasteiger charge is -2.54. The molecule has 1 unspecified atom stereocenters. The van der Waals surface area contributed by atoms with Crippen molar-refractivity contribution in [1.82, 2.24) is 4.90 Å². The number of esters is 2. The Morgan fingerprint density at radius 1 is 1.11 bits per heavy atom. The maximum Gasteiger partial charge on any atom is 0.354 e. The first-order chi connectivity index (χ1) is 16.8. The lowest BCUT2D eigenvalue weighted by atomic mass is 9.54. The lowest BCUT2D eigenvalue weighted by molar-refractivity contribution is -0.286. The van der Waals surface area contributed by atoms with E-state index >= 15 is 0 Å². The SMILES string of the molecule is COC(=O)/C=C(\C(=O)OC)N(C)CC[C@]12c3c4ccc(OC)c3O[C@H]1C(OC)(OC)CCC2CC4. The van der Waals surface area contributed by atoms with Crippen molar-refractivity contribution in [3.63, 3.8) is 0 Å². The van der Waals surface area contributed by atoms with Gasteiger partial charge in [-0.3, -0.25) is 0 Å². The van der Waals surface area contributed by atoms with Gasteiger partial charge in [-0.1, -0.05) is 6.07 Å². The van der Waals surface area contributed by atoms with Crippen molar-refractivity contribution in [3.8, 4) is 11.5 Å². The van der Waals surface area contributed by atoms with Crippen molar-refractivity contribution >= 4 is 11.9 Å². The van der Waals surface area contributed by atoms with Gasteiger partial charge in [0.2, 0.25) is 5.79 Å². The van der Waals surface area contributed by atoms with E-state index in [9.17, 15) is 9.59 Å². The second kappa shape index (κ2) is 9.70. The first-order valence-corrected chi connectivity index (χ1v) is 11.9. The summed E-state index contributed by atoms with van der Waals surface area (Å²) in [7, 11) is 9.29. The second-order valence-corrected chi connectivity index (χ2v) is 9.38. The van der Waals surface area contributed by atoms with Gasteiger partial charge in [-0.2, -0.15) is 0 Å². The van der Waals surface area contributed by atoms with Crippen LogP contribution in [0, 0.1) is 5.92 Å². The Morgan fingerprint density at radius 2 is 1.86 bits per heavy atom. The summed E-state index contributed by atoms with van der Waals surface area (Å²) in [5.74, 6) is -0.362. The molecular weight excluding hydrogens is 454 g/mol. The van der Waals surface area contributed by atoms with E-state index < -0.39 is 29.2 Å². The smallest absolute Gasteiger partial charge is 0.354 e. The molecule has 9 nitrogen and oxygen atoms in total. The van der Waals surface area contributed by atoms with Crippen molar-refractivity contribution < 1.29 is 38.0 Å². The van der Waals surface area contributed by atoms with Crippen molar-refractivity contribution in [2.24, 2.45) is 5.92 Å². The summed E-state index contributed by atoms with van der Waals surface area (Å²) in [6, 6.07) is 4.08. The molecule has 9 heteroatoms. The van der Waals surface area contributed by atoms with Crippen LogP contribution in [0.2, 0.25) is 0 Å². The molecule has 1 fully saturated rings. The number of hydrogen-bond acceptors (Lipinski definition) is 9. The predicted molar refractivity (Wildman–Crippen MR) is 126 cm³/mol. The van der Waals surface area contributed by atoms with Crippen LogP contribution in [0.4, 0.5) is 0 Å². The zero-order valence-corrected chi connectivity index (χ0v) is 21.3. The van der Waals surface area contributed by atoms with Crippen LogP contribution in [0.5, 0.6) is 11.5 Å². The molecule has 4 rings (SSSR count). The highest BCUT2D eigenvalue weighted by atomic mass is 16.7. The molecule has 0 amide bonds. The highest BCUT2D eigenvalue weighted by molar-refractivity contribution is 5.95. The number of aryl methyl sites for hydroxylation is 1. The fourth-order valence-electron chi connectivity index (χ4n) is 6.39. The van der Waals surface area contributed by atoms with Gasteiger partial charge < -0.3 is 33.3 Å². The van der Waals surface area contributed by atoms with Gasteiger partial charge in [-0.05, 0) is 43.2 Å². The zero-order chi connectivity index (χ0) is 25.4. The van der Waals surface area contributed by atoms with Crippen LogP contribution in [-0.2, 0) is 40.4 Å². The average Bonchev–Trinajstić information content (AvgIpc) is 3.26. The Hall–Kier alpha value is -2.78. The lowest BCUT2D eigenvalue weighted by Crippen LogP contribution is -2.64. The minimum atomic E-state index is -0.916. The van der Waals surface area contributed by atoms with Gasteiger partial charge in [0.25, 0.3) is 0 Å². The molecule has 1 heterocycles. The fourth-order valence-corrected chi connectivity index (χ4v) is 6.39. The molecule has 1 aliphatic heterocycles. The van der Waals surface area contributed by atoms with E-state index in [0.717, 1.165) is 36.7 Å². The zero-order valence-electron chi connectivity index (χ0n) is 21.3. The van der Waals surface area contributed by atoms with Crippen LogP contribution in [0.15, 0.2) is 23.9 Å². The minimum absolute atomic E-state index is 0.131. The maximum absolute atomic E-state index is 12.5. The van der Waals surface area contributed by atoms with E-state index in [0.29, 0.717) is 31.1 Å². The van der Waals surface area contributed by atoms with Crippen LogP contribution in [0.3, 0.4) is 0 Å². The summed E-state index contributed by atoms with van der Waals surface area (Å²) in [4.78, 5) is 26.1. The maximum atomic E-state index is 12.5. The Labute approximate surface area is 206 Å². The standard InChI is InChI=1S/C26H35NO8/c1-27(18(23(29)32-4)15-20(28)31-3)14-13-25-17-9-7-16-8-10-19(30-2)22(21(16)25)35-24(25)26(33-5,34-6)12-11-17/h8,10,15,17,24H,7,9,11-14H2,1-6H3/b18-15+/t17?,24-,25+/m1/s1. The third kappa shape index (κ3) is 3.85. The monoisotopic (exact) mass is 489 g/mol. The normalized spacial score (nSPS) is 25.8. The van der Waals surface area contributed by atoms with Gasteiger partial charge in [0.05, 0.1) is 27.4 Å². The predicted octanol–water partition coefficient (Wildman–Crippen LogP) is 2.59. The molecule has 3 atom stereocenters. The third-order valence-electron chi connectivity index (χ3n) is 8.14. The van der Waals surface area contributed by atoms with Gasteiger partial charge in [-0.25, -0.2) is 9.59 Å². The second-order valence-electron chi connectivity index (χ2n) is 9.38. The number of hydrogen-bond donors (Lipinski definition) is 0. The topological polar surface area (TPSA) is 92.8 Å². The molecule has 0 N–H and O–H groups in total. The average molecular weight is 490 g/mol. The summed E-state index contributed by atoms with van der Waals surface area (Å²) in [6.45, 7) is 0.466. The van der Waals surface area contributed by atoms with E-state index in [1.165, 1.54) is 19.8 Å². The van der Waals surface area contributed by atoms with Crippen molar-refractivity contribution in [2.75, 3.05) is 49.1 Å². The molecule has 0 saturated heterocycles. The molecule has 192 valence electrons. The molecule has 1 saturated carbocycles. The van der Waals surface area contributed by atoms with Crippen LogP contribution in [-0.4, -0.2) is 77.9 Å². The first-order valence-electron chi connectivity index (χ1n) is 11.9. The molecule has 35 heavy (non-hydrogen) atoms. The molecule has 0 spiro atoms. The Morgan fingerprint density at radius 3 is 2.49 bits per heavy atom. The van der Waals surface area contributed by atoms with Gasteiger partial charge >= 0.3 is 11.9 Å². The molecule has 0 aromatic heterocycles. The van der Waals surface area contributed by atoms with Crippen molar-refractivity contribution in [2.45, 2.75) is 49.4 Å². The molecule has 0 radical (unpaired) electrons. The van der Waals surface area contributed by atoms with E-state index in [4.69, 9.17) is 28.4 Å². The van der Waals surface area contributed by atoms with Crippen LogP contribution >= 0.6 is 0 Å². The number of methoxy groups -OCH3 is 5. The fraction of sp³-hybridized carbons (Fsp3) is 0.615. The number of benzene rings is 1. The van der Waals surface area contributed by atoms with Crippen molar-refractivity contribution in [1.29, 1.82) is 0 Å². The van der Waals surface area contributed by atoms with Crippen molar-refractivity contribution in [3.05, 3.63) is 35.0 Å². The summed E-state index contributed by atoms with van der Waals surface area (Å²) in [6.07, 6.45) is 5.04. The molecule has 1 aromatic carbocycles. The molecule has 0 bridgehead atoms. The highest BCUT2D eigenvalue weighted by Crippen LogP contribution is 2.64. The Balaban J connectivity index is 1.79. The van der Waals surface area contributed by atoms with E-state index in [1.54, 1.807) is 33.3 Å². The summed E-state index contributed by atoms with van der Waals surface area (Å²) in [5.41, 5.74) is 2.11. The van der Waals surface area contributed by atoms with Gasteiger partial charge in [0.1, 0.15) is 5.70 Å². The Kier molecular flexibility index (Phi) is 7.02. The number of nitrogens with zero attached hydrogens (tertiary/aromatic N) is 1. The summed E-state index contributed by atoms with van der Waals surface area (Å²) < 4.78 is 34.1. The molecule has 3 aliphatic rings. The van der Waals surface area contributed by atoms with Gasteiger partial charge in [0.15, 0.2) is 17.6 Å². The molecular formula is C26H35NO8. The Bertz CT molecular complexity index is 1020. The third-order valence-corrected chi connectivity index (χ3v) is 8.14. The number of likely N-dealkylation sites (N-methyl/N-ethyl adjacent to an activating group) is 1. The molecule has 2 aliphatic carbocycles. The summed E-state index contributed by atoms with van der Waals surface area (Å²) in [5, 5.41) is 0.